The molecule has 0 spiro atoms. The summed E-state index contributed by atoms with van der Waals surface area (Å²) < 4.78 is 1.16. The van der Waals surface area contributed by atoms with Gasteiger partial charge in [-0.1, -0.05) is 61.4 Å². The van der Waals surface area contributed by atoms with E-state index < -0.39 is 0 Å². The van der Waals surface area contributed by atoms with Gasteiger partial charge in [0.05, 0.1) is 5.56 Å². The molecule has 3 fully saturated rings. The minimum absolute atomic E-state index is 0.155. The molecule has 1 aliphatic carbocycles. The highest BCUT2D eigenvalue weighted by Gasteiger charge is 2.34. The van der Waals surface area contributed by atoms with Gasteiger partial charge in [-0.05, 0) is 37.3 Å². The Morgan fingerprint density at radius 1 is 0.722 bits per heavy atom. The molecule has 3 aromatic rings. The number of carbonyl (C=O) groups is 2. The second kappa shape index (κ2) is 10.3. The smallest absolute Gasteiger partial charge is 0.256 e. The van der Waals surface area contributed by atoms with Crippen molar-refractivity contribution in [1.29, 1.82) is 0 Å². The van der Waals surface area contributed by atoms with Crippen LogP contribution in [-0.2, 0) is 4.79 Å². The molecule has 5 nitrogen and oxygen atoms in total. The number of amides is 2. The molecule has 1 saturated carbocycles. The molecule has 36 heavy (non-hydrogen) atoms. The molecule has 6 heteroatoms. The quantitative estimate of drug-likeness (QED) is 0.474. The van der Waals surface area contributed by atoms with Crippen molar-refractivity contribution >= 4 is 33.2 Å². The summed E-state index contributed by atoms with van der Waals surface area (Å²) in [7, 11) is 0. The first-order chi connectivity index (χ1) is 17.7. The number of carbonyl (C=O) groups excluding carboxylic acids is 2. The van der Waals surface area contributed by atoms with Gasteiger partial charge in [-0.2, -0.15) is 0 Å². The lowest BCUT2D eigenvalue weighted by Crippen LogP contribution is -2.55. The van der Waals surface area contributed by atoms with E-state index in [9.17, 15) is 9.59 Å². The van der Waals surface area contributed by atoms with Crippen molar-refractivity contribution < 1.29 is 9.59 Å². The summed E-state index contributed by atoms with van der Waals surface area (Å²) >= 11 is 1.71. The zero-order valence-corrected chi connectivity index (χ0v) is 21.7. The van der Waals surface area contributed by atoms with Crippen LogP contribution in [0.1, 0.15) is 48.9 Å². The van der Waals surface area contributed by atoms with Crippen LogP contribution in [-0.4, -0.2) is 71.8 Å². The molecule has 0 unspecified atom stereocenters. The molecular formula is C30H35N3O2S. The van der Waals surface area contributed by atoms with Crippen molar-refractivity contribution in [3.8, 4) is 10.4 Å². The standard InChI is InChI=1S/C30H35N3O2S/c34-29(23-10-4-5-11-23)32-16-14-24(15-17-32)31-18-20-33(21-19-31)30(35)27-25-12-6-7-13-26(25)36-28(27)22-8-2-1-3-9-22/h1-3,6-9,12-13,23-24H,4-5,10-11,14-21H2. The highest BCUT2D eigenvalue weighted by Crippen LogP contribution is 2.39. The van der Waals surface area contributed by atoms with Crippen molar-refractivity contribution in [2.45, 2.75) is 44.6 Å². The van der Waals surface area contributed by atoms with E-state index in [0.717, 1.165) is 91.0 Å². The predicted molar refractivity (Wildman–Crippen MR) is 146 cm³/mol. The lowest BCUT2D eigenvalue weighted by atomic mass is 9.99. The van der Waals surface area contributed by atoms with Crippen LogP contribution in [0, 0.1) is 5.92 Å². The highest BCUT2D eigenvalue weighted by molar-refractivity contribution is 7.22. The fraction of sp³-hybridized carbons (Fsp3) is 0.467. The predicted octanol–water partition coefficient (Wildman–Crippen LogP) is 5.51. The Morgan fingerprint density at radius 2 is 1.39 bits per heavy atom. The number of hydrogen-bond acceptors (Lipinski definition) is 4. The summed E-state index contributed by atoms with van der Waals surface area (Å²) in [5, 5.41) is 1.06. The van der Waals surface area contributed by atoms with Crippen LogP contribution in [0.5, 0.6) is 0 Å². The van der Waals surface area contributed by atoms with Crippen LogP contribution in [0.2, 0.25) is 0 Å². The monoisotopic (exact) mass is 501 g/mol. The molecule has 188 valence electrons. The van der Waals surface area contributed by atoms with Gasteiger partial charge < -0.3 is 9.80 Å². The fourth-order valence-electron chi connectivity index (χ4n) is 6.38. The Hall–Kier alpha value is -2.70. The third kappa shape index (κ3) is 4.57. The normalized spacial score (nSPS) is 20.3. The largest absolute Gasteiger partial charge is 0.342 e. The first kappa shape index (κ1) is 23.7. The minimum Gasteiger partial charge on any atom is -0.342 e. The molecule has 0 N–H and O–H groups in total. The van der Waals surface area contributed by atoms with Crippen LogP contribution in [0.4, 0.5) is 0 Å². The molecule has 2 aromatic carbocycles. The van der Waals surface area contributed by atoms with Crippen LogP contribution < -0.4 is 0 Å². The second-order valence-corrected chi connectivity index (χ2v) is 11.6. The van der Waals surface area contributed by atoms with Gasteiger partial charge in [-0.3, -0.25) is 14.5 Å². The Balaban J connectivity index is 1.11. The molecule has 1 aromatic heterocycles. The highest BCUT2D eigenvalue weighted by atomic mass is 32.1. The fourth-order valence-corrected chi connectivity index (χ4v) is 7.58. The number of nitrogens with zero attached hydrogens (tertiary/aromatic N) is 3. The van der Waals surface area contributed by atoms with Crippen LogP contribution in [0.25, 0.3) is 20.5 Å². The van der Waals surface area contributed by atoms with Crippen LogP contribution in [0.3, 0.4) is 0 Å². The molecule has 2 amide bonds. The van der Waals surface area contributed by atoms with Crippen molar-refractivity contribution in [3.05, 3.63) is 60.2 Å². The molecule has 2 aliphatic heterocycles. The van der Waals surface area contributed by atoms with Crippen molar-refractivity contribution in [2.24, 2.45) is 5.92 Å². The number of fused-ring (bicyclic) bond motifs is 1. The molecular weight excluding hydrogens is 466 g/mol. The first-order valence-corrected chi connectivity index (χ1v) is 14.4. The number of piperidine rings is 1. The van der Waals surface area contributed by atoms with Crippen molar-refractivity contribution in [1.82, 2.24) is 14.7 Å². The number of hydrogen-bond donors (Lipinski definition) is 0. The van der Waals surface area contributed by atoms with E-state index in [0.29, 0.717) is 11.9 Å². The maximum Gasteiger partial charge on any atom is 0.256 e. The van der Waals surface area contributed by atoms with Gasteiger partial charge in [-0.15, -0.1) is 11.3 Å². The average molecular weight is 502 g/mol. The minimum atomic E-state index is 0.155. The van der Waals surface area contributed by atoms with Gasteiger partial charge in [0.2, 0.25) is 5.91 Å². The molecule has 3 aliphatic rings. The molecule has 3 heterocycles. The zero-order chi connectivity index (χ0) is 24.5. The third-order valence-corrected chi connectivity index (χ3v) is 9.66. The number of rotatable bonds is 4. The van der Waals surface area contributed by atoms with Gasteiger partial charge >= 0.3 is 0 Å². The Labute approximate surface area is 217 Å². The van der Waals surface area contributed by atoms with Crippen molar-refractivity contribution in [2.75, 3.05) is 39.3 Å². The number of benzene rings is 2. The number of thiophene rings is 1. The molecule has 6 rings (SSSR count). The van der Waals surface area contributed by atoms with Gasteiger partial charge in [-0.25, -0.2) is 0 Å². The molecule has 0 atom stereocenters. The van der Waals surface area contributed by atoms with Gasteiger partial charge in [0, 0.05) is 66.2 Å². The zero-order valence-electron chi connectivity index (χ0n) is 20.9. The lowest BCUT2D eigenvalue weighted by molar-refractivity contribution is -0.137. The lowest BCUT2D eigenvalue weighted by Gasteiger charge is -2.43. The Kier molecular flexibility index (Phi) is 6.81. The van der Waals surface area contributed by atoms with E-state index in [1.807, 2.05) is 30.3 Å². The SMILES string of the molecule is O=C(c1c(-c2ccccc2)sc2ccccc12)N1CCN(C2CCN(C(=O)C3CCCC3)CC2)CC1. The summed E-state index contributed by atoms with van der Waals surface area (Å²) in [4.78, 5) is 34.5. The summed E-state index contributed by atoms with van der Waals surface area (Å²) in [6, 6.07) is 19.1. The van der Waals surface area contributed by atoms with Crippen molar-refractivity contribution in [3.63, 3.8) is 0 Å². The van der Waals surface area contributed by atoms with Crippen LogP contribution in [0.15, 0.2) is 54.6 Å². The topological polar surface area (TPSA) is 43.9 Å². The molecule has 0 radical (unpaired) electrons. The summed E-state index contributed by atoms with van der Waals surface area (Å²) in [5.74, 6) is 0.839. The maximum atomic E-state index is 13.9. The van der Waals surface area contributed by atoms with E-state index in [4.69, 9.17) is 0 Å². The number of likely N-dealkylation sites (tertiary alicyclic amines) is 1. The van der Waals surface area contributed by atoms with Gasteiger partial charge in [0.25, 0.3) is 5.91 Å². The summed E-state index contributed by atoms with van der Waals surface area (Å²) in [6.45, 7) is 5.13. The first-order valence-electron chi connectivity index (χ1n) is 13.6. The van der Waals surface area contributed by atoms with Gasteiger partial charge in [0.1, 0.15) is 0 Å². The van der Waals surface area contributed by atoms with E-state index >= 15 is 0 Å². The Bertz CT molecular complexity index is 1220. The number of piperazine rings is 1. The maximum absolute atomic E-state index is 13.9. The summed E-state index contributed by atoms with van der Waals surface area (Å²) in [6.07, 6.45) is 6.70. The third-order valence-electron chi connectivity index (χ3n) is 8.44. The molecule has 2 saturated heterocycles. The van der Waals surface area contributed by atoms with E-state index in [1.54, 1.807) is 11.3 Å². The Morgan fingerprint density at radius 3 is 2.11 bits per heavy atom. The average Bonchev–Trinajstić information content (AvgIpc) is 3.62. The molecule has 0 bridgehead atoms. The van der Waals surface area contributed by atoms with E-state index in [-0.39, 0.29) is 11.8 Å². The second-order valence-electron chi connectivity index (χ2n) is 10.5. The van der Waals surface area contributed by atoms with E-state index in [2.05, 4.69) is 39.0 Å². The summed E-state index contributed by atoms with van der Waals surface area (Å²) in [5.41, 5.74) is 1.97. The van der Waals surface area contributed by atoms with Crippen LogP contribution >= 0.6 is 11.3 Å². The van der Waals surface area contributed by atoms with Gasteiger partial charge in [0.15, 0.2) is 0 Å². The van der Waals surface area contributed by atoms with E-state index in [1.165, 1.54) is 12.8 Å².